The number of hydrogen-bond donors (Lipinski definition) is 0. The highest BCUT2D eigenvalue weighted by molar-refractivity contribution is 5.77. The van der Waals surface area contributed by atoms with Crippen LogP contribution < -0.4 is 0 Å². The molecule has 0 aromatic rings. The van der Waals surface area contributed by atoms with Crippen LogP contribution in [0.4, 0.5) is 0 Å². The number of hydrogen-bond acceptors (Lipinski definition) is 2. The number of likely N-dealkylation sites (N-methyl/N-ethyl adjacent to an activating group) is 1. The second-order valence-corrected chi connectivity index (χ2v) is 3.70. The summed E-state index contributed by atoms with van der Waals surface area (Å²) in [5.41, 5.74) is 0. The van der Waals surface area contributed by atoms with Crippen molar-refractivity contribution in [2.24, 2.45) is 5.92 Å². The molecule has 1 rings (SSSR count). The van der Waals surface area contributed by atoms with Gasteiger partial charge < -0.3 is 0 Å². The first-order valence-corrected chi connectivity index (χ1v) is 4.36. The molecular weight excluding hydrogens is 138 g/mol. The Labute approximate surface area is 68.6 Å². The molecular formula is C9H17NO. The molecule has 2 heteroatoms. The molecule has 0 heterocycles. The van der Waals surface area contributed by atoms with E-state index < -0.39 is 0 Å². The Bertz CT molecular complexity index is 140. The summed E-state index contributed by atoms with van der Waals surface area (Å²) >= 11 is 0. The molecule has 0 bridgehead atoms. The minimum Gasteiger partial charge on any atom is -0.299 e. The van der Waals surface area contributed by atoms with Gasteiger partial charge in [0.15, 0.2) is 0 Å². The van der Waals surface area contributed by atoms with Gasteiger partial charge in [-0.1, -0.05) is 6.42 Å². The van der Waals surface area contributed by atoms with E-state index in [0.717, 1.165) is 12.5 Å². The summed E-state index contributed by atoms with van der Waals surface area (Å²) in [5.74, 6) is 1.14. The van der Waals surface area contributed by atoms with Crippen molar-refractivity contribution in [2.75, 3.05) is 20.1 Å². The van der Waals surface area contributed by atoms with Crippen molar-refractivity contribution in [3.05, 3.63) is 0 Å². The maximum atomic E-state index is 10.7. The topological polar surface area (TPSA) is 20.3 Å². The van der Waals surface area contributed by atoms with E-state index in [2.05, 4.69) is 4.90 Å². The standard InChI is InChI=1S/C9H17NO/c1-8(11)6-10(2)7-9-4-3-5-9/h9H,3-7H2,1-2H3. The maximum absolute atomic E-state index is 10.7. The SMILES string of the molecule is CC(=O)CN(C)CC1CCC1. The van der Waals surface area contributed by atoms with Crippen molar-refractivity contribution in [1.82, 2.24) is 4.90 Å². The molecule has 0 unspecified atom stereocenters. The van der Waals surface area contributed by atoms with Gasteiger partial charge in [0.2, 0.25) is 0 Å². The lowest BCUT2D eigenvalue weighted by atomic mass is 9.85. The van der Waals surface area contributed by atoms with Crippen LogP contribution in [0.3, 0.4) is 0 Å². The number of nitrogens with zero attached hydrogens (tertiary/aromatic N) is 1. The lowest BCUT2D eigenvalue weighted by Gasteiger charge is -2.29. The van der Waals surface area contributed by atoms with Crippen LogP contribution in [0.2, 0.25) is 0 Å². The van der Waals surface area contributed by atoms with E-state index in [1.54, 1.807) is 6.92 Å². The van der Waals surface area contributed by atoms with Crippen LogP contribution in [0.25, 0.3) is 0 Å². The molecule has 0 aromatic heterocycles. The fourth-order valence-electron chi connectivity index (χ4n) is 1.56. The highest BCUT2D eigenvalue weighted by Crippen LogP contribution is 2.26. The predicted octanol–water partition coefficient (Wildman–Crippen LogP) is 1.31. The summed E-state index contributed by atoms with van der Waals surface area (Å²) in [6, 6.07) is 0. The lowest BCUT2D eigenvalue weighted by molar-refractivity contribution is -0.118. The van der Waals surface area contributed by atoms with Crippen LogP contribution in [0.15, 0.2) is 0 Å². The highest BCUT2D eigenvalue weighted by Gasteiger charge is 2.18. The fourth-order valence-corrected chi connectivity index (χ4v) is 1.56. The van der Waals surface area contributed by atoms with E-state index in [-0.39, 0.29) is 5.78 Å². The third kappa shape index (κ3) is 3.02. The molecule has 0 spiro atoms. The molecule has 0 radical (unpaired) electrons. The van der Waals surface area contributed by atoms with E-state index >= 15 is 0 Å². The molecule has 1 aliphatic rings. The van der Waals surface area contributed by atoms with Gasteiger partial charge in [0.05, 0.1) is 6.54 Å². The molecule has 0 amide bonds. The molecule has 1 saturated carbocycles. The van der Waals surface area contributed by atoms with Crippen LogP contribution in [-0.4, -0.2) is 30.8 Å². The van der Waals surface area contributed by atoms with Gasteiger partial charge in [-0.2, -0.15) is 0 Å². The third-order valence-corrected chi connectivity index (χ3v) is 2.29. The van der Waals surface area contributed by atoms with Crippen LogP contribution >= 0.6 is 0 Å². The maximum Gasteiger partial charge on any atom is 0.143 e. The van der Waals surface area contributed by atoms with Crippen molar-refractivity contribution in [2.45, 2.75) is 26.2 Å². The normalized spacial score (nSPS) is 18.5. The Kier molecular flexibility index (Phi) is 3.06. The van der Waals surface area contributed by atoms with Gasteiger partial charge in [0.1, 0.15) is 5.78 Å². The minimum absolute atomic E-state index is 0.270. The molecule has 0 saturated heterocycles. The van der Waals surface area contributed by atoms with Gasteiger partial charge in [-0.25, -0.2) is 0 Å². The minimum atomic E-state index is 0.270. The van der Waals surface area contributed by atoms with Crippen LogP contribution in [0.1, 0.15) is 26.2 Å². The number of ketones is 1. The Hall–Kier alpha value is -0.370. The molecule has 0 atom stereocenters. The first-order valence-electron chi connectivity index (χ1n) is 4.36. The summed E-state index contributed by atoms with van der Waals surface area (Å²) in [5, 5.41) is 0. The molecule has 64 valence electrons. The quantitative estimate of drug-likeness (QED) is 0.610. The van der Waals surface area contributed by atoms with E-state index in [1.165, 1.54) is 19.3 Å². The van der Waals surface area contributed by atoms with Crippen LogP contribution in [-0.2, 0) is 4.79 Å². The van der Waals surface area contributed by atoms with Gasteiger partial charge in [0.25, 0.3) is 0 Å². The smallest absolute Gasteiger partial charge is 0.143 e. The van der Waals surface area contributed by atoms with Gasteiger partial charge in [-0.15, -0.1) is 0 Å². The monoisotopic (exact) mass is 155 g/mol. The first-order chi connectivity index (χ1) is 5.18. The molecule has 1 fully saturated rings. The van der Waals surface area contributed by atoms with Crippen LogP contribution in [0.5, 0.6) is 0 Å². The first kappa shape index (κ1) is 8.72. The Morgan fingerprint density at radius 3 is 2.55 bits per heavy atom. The second-order valence-electron chi connectivity index (χ2n) is 3.70. The zero-order valence-corrected chi connectivity index (χ0v) is 7.47. The number of carbonyl (C=O) groups excluding carboxylic acids is 1. The van der Waals surface area contributed by atoms with Crippen molar-refractivity contribution >= 4 is 5.78 Å². The number of rotatable bonds is 4. The summed E-state index contributed by atoms with van der Waals surface area (Å²) in [6.45, 7) is 3.38. The summed E-state index contributed by atoms with van der Waals surface area (Å²) in [6.07, 6.45) is 4.11. The van der Waals surface area contributed by atoms with Crippen LogP contribution in [0, 0.1) is 5.92 Å². The van der Waals surface area contributed by atoms with Crippen molar-refractivity contribution in [3.63, 3.8) is 0 Å². The van der Waals surface area contributed by atoms with E-state index in [1.807, 2.05) is 7.05 Å². The van der Waals surface area contributed by atoms with Crippen molar-refractivity contribution in [3.8, 4) is 0 Å². The fraction of sp³-hybridized carbons (Fsp3) is 0.889. The highest BCUT2D eigenvalue weighted by atomic mass is 16.1. The Morgan fingerprint density at radius 2 is 2.18 bits per heavy atom. The second kappa shape index (κ2) is 3.86. The molecule has 1 aliphatic carbocycles. The molecule has 11 heavy (non-hydrogen) atoms. The van der Waals surface area contributed by atoms with Gasteiger partial charge >= 0.3 is 0 Å². The van der Waals surface area contributed by atoms with E-state index in [9.17, 15) is 4.79 Å². The van der Waals surface area contributed by atoms with Gasteiger partial charge in [0, 0.05) is 6.54 Å². The van der Waals surface area contributed by atoms with Crippen molar-refractivity contribution < 1.29 is 4.79 Å². The number of Topliss-reactive ketones (excluding diaryl/α,β-unsaturated/α-hetero) is 1. The summed E-state index contributed by atoms with van der Waals surface area (Å²) < 4.78 is 0. The zero-order valence-electron chi connectivity index (χ0n) is 7.47. The molecule has 2 nitrogen and oxygen atoms in total. The third-order valence-electron chi connectivity index (χ3n) is 2.29. The zero-order chi connectivity index (χ0) is 8.27. The Morgan fingerprint density at radius 1 is 1.55 bits per heavy atom. The average molecular weight is 155 g/mol. The largest absolute Gasteiger partial charge is 0.299 e. The van der Waals surface area contributed by atoms with Gasteiger partial charge in [-0.05, 0) is 32.7 Å². The molecule has 0 N–H and O–H groups in total. The summed E-state index contributed by atoms with van der Waals surface area (Å²) in [7, 11) is 2.03. The Balaban J connectivity index is 2.09. The molecule has 0 aliphatic heterocycles. The van der Waals surface area contributed by atoms with Gasteiger partial charge in [-0.3, -0.25) is 9.69 Å². The van der Waals surface area contributed by atoms with E-state index in [4.69, 9.17) is 0 Å². The summed E-state index contributed by atoms with van der Waals surface area (Å²) in [4.78, 5) is 12.8. The predicted molar refractivity (Wildman–Crippen MR) is 45.5 cm³/mol. The number of carbonyl (C=O) groups is 1. The average Bonchev–Trinajstić information content (AvgIpc) is 1.77. The molecule has 0 aromatic carbocycles. The van der Waals surface area contributed by atoms with E-state index in [0.29, 0.717) is 6.54 Å². The van der Waals surface area contributed by atoms with Crippen molar-refractivity contribution in [1.29, 1.82) is 0 Å². The lowest BCUT2D eigenvalue weighted by Crippen LogP contribution is -2.32.